The number of thioether (sulfide) groups is 1. The van der Waals surface area contributed by atoms with Gasteiger partial charge in [0.25, 0.3) is 0 Å². The Morgan fingerprint density at radius 3 is 2.58 bits per heavy atom. The van der Waals surface area contributed by atoms with Gasteiger partial charge in [-0.1, -0.05) is 86.0 Å². The number of hydrogen-bond donors (Lipinski definition) is 0. The molecule has 0 N–H and O–H groups in total. The summed E-state index contributed by atoms with van der Waals surface area (Å²) >= 11 is 3.53. The Balaban J connectivity index is 1.75. The van der Waals surface area contributed by atoms with Crippen LogP contribution in [-0.4, -0.2) is 16.0 Å². The molecule has 1 aromatic carbocycles. The smallest absolute Gasteiger partial charge is 0.137 e. The predicted molar refractivity (Wildman–Crippen MR) is 84.8 cm³/mol. The molecule has 0 spiro atoms. The number of benzene rings is 1. The second kappa shape index (κ2) is 8.33. The summed E-state index contributed by atoms with van der Waals surface area (Å²) < 4.78 is 1.09. The van der Waals surface area contributed by atoms with Crippen LogP contribution in [0.2, 0.25) is 0 Å². The molecule has 2 aromatic rings. The van der Waals surface area contributed by atoms with E-state index >= 15 is 0 Å². The molecule has 0 atom stereocenters. The molecule has 0 aliphatic heterocycles. The van der Waals surface area contributed by atoms with E-state index in [1.807, 2.05) is 30.0 Å². The Labute approximate surface area is 123 Å². The molecule has 0 radical (unpaired) electrons. The summed E-state index contributed by atoms with van der Waals surface area (Å²) in [5, 5.41) is 9.54. The van der Waals surface area contributed by atoms with Crippen LogP contribution in [0.3, 0.4) is 0 Å². The first kappa shape index (κ1) is 14.5. The van der Waals surface area contributed by atoms with Gasteiger partial charge in [0.05, 0.1) is 0 Å². The van der Waals surface area contributed by atoms with Gasteiger partial charge in [0.2, 0.25) is 0 Å². The second-order valence-electron chi connectivity index (χ2n) is 4.50. The van der Waals surface area contributed by atoms with Crippen molar-refractivity contribution in [2.24, 2.45) is 0 Å². The van der Waals surface area contributed by atoms with Gasteiger partial charge in [-0.25, -0.2) is 0 Å². The van der Waals surface area contributed by atoms with Gasteiger partial charge in [-0.15, -0.1) is 10.2 Å². The molecule has 0 unspecified atom stereocenters. The lowest BCUT2D eigenvalue weighted by atomic mass is 10.2. The maximum Gasteiger partial charge on any atom is 0.174 e. The van der Waals surface area contributed by atoms with Gasteiger partial charge in [-0.2, -0.15) is 0 Å². The van der Waals surface area contributed by atoms with Crippen LogP contribution < -0.4 is 0 Å². The van der Waals surface area contributed by atoms with E-state index in [0.29, 0.717) is 0 Å². The highest BCUT2D eigenvalue weighted by Gasteiger charge is 2.06. The highest BCUT2D eigenvalue weighted by Crippen LogP contribution is 2.29. The van der Waals surface area contributed by atoms with Gasteiger partial charge < -0.3 is 0 Å². The van der Waals surface area contributed by atoms with Crippen LogP contribution in [0.15, 0.2) is 34.7 Å². The maximum absolute atomic E-state index is 4.26. The normalized spacial score (nSPS) is 10.8. The van der Waals surface area contributed by atoms with Crippen LogP contribution in [0, 0.1) is 0 Å². The first-order chi connectivity index (χ1) is 9.40. The van der Waals surface area contributed by atoms with Crippen molar-refractivity contribution in [3.05, 3.63) is 30.3 Å². The molecular weight excluding hydrogens is 272 g/mol. The van der Waals surface area contributed by atoms with Crippen LogP contribution in [-0.2, 0) is 0 Å². The number of nitrogens with zero attached hydrogens (tertiary/aromatic N) is 2. The molecule has 0 aliphatic carbocycles. The largest absolute Gasteiger partial charge is 0.174 e. The molecule has 2 rings (SSSR count). The Morgan fingerprint density at radius 2 is 1.79 bits per heavy atom. The minimum Gasteiger partial charge on any atom is -0.137 e. The predicted octanol–water partition coefficient (Wildman–Crippen LogP) is 5.27. The molecule has 0 fully saturated rings. The standard InChI is InChI=1S/C15H20N2S2/c1-2-3-4-5-9-12-18-15-17-16-14(19-15)13-10-7-6-8-11-13/h6-8,10-11H,2-5,9,12H2,1H3. The zero-order chi connectivity index (χ0) is 13.3. The lowest BCUT2D eigenvalue weighted by Crippen LogP contribution is -1.81. The molecule has 102 valence electrons. The molecule has 2 nitrogen and oxygen atoms in total. The number of unbranched alkanes of at least 4 members (excludes halogenated alkanes) is 4. The monoisotopic (exact) mass is 292 g/mol. The van der Waals surface area contributed by atoms with Crippen molar-refractivity contribution in [1.29, 1.82) is 0 Å². The number of hydrogen-bond acceptors (Lipinski definition) is 4. The molecule has 19 heavy (non-hydrogen) atoms. The molecule has 0 amide bonds. The summed E-state index contributed by atoms with van der Waals surface area (Å²) in [6.07, 6.45) is 6.66. The van der Waals surface area contributed by atoms with Crippen molar-refractivity contribution in [2.75, 3.05) is 5.75 Å². The summed E-state index contributed by atoms with van der Waals surface area (Å²) in [5.41, 5.74) is 1.16. The fourth-order valence-corrected chi connectivity index (χ4v) is 3.76. The van der Waals surface area contributed by atoms with E-state index in [1.54, 1.807) is 11.3 Å². The summed E-state index contributed by atoms with van der Waals surface area (Å²) in [4.78, 5) is 0. The first-order valence-corrected chi connectivity index (χ1v) is 8.72. The number of rotatable bonds is 8. The summed E-state index contributed by atoms with van der Waals surface area (Å²) in [5.74, 6) is 1.16. The van der Waals surface area contributed by atoms with Gasteiger partial charge in [-0.3, -0.25) is 0 Å². The summed E-state index contributed by atoms with van der Waals surface area (Å²) in [6, 6.07) is 10.3. The maximum atomic E-state index is 4.26. The lowest BCUT2D eigenvalue weighted by Gasteiger charge is -1.97. The first-order valence-electron chi connectivity index (χ1n) is 6.92. The van der Waals surface area contributed by atoms with Crippen molar-refractivity contribution >= 4 is 23.1 Å². The Hall–Kier alpha value is -0.870. The van der Waals surface area contributed by atoms with E-state index in [4.69, 9.17) is 0 Å². The Morgan fingerprint density at radius 1 is 1.00 bits per heavy atom. The number of aromatic nitrogens is 2. The highest BCUT2D eigenvalue weighted by atomic mass is 32.2. The van der Waals surface area contributed by atoms with Crippen molar-refractivity contribution in [3.8, 4) is 10.6 Å². The molecular formula is C15H20N2S2. The third kappa shape index (κ3) is 4.96. The SMILES string of the molecule is CCCCCCCSc1nnc(-c2ccccc2)s1. The minimum atomic E-state index is 1.02. The average Bonchev–Trinajstić information content (AvgIpc) is 2.92. The third-order valence-electron chi connectivity index (χ3n) is 2.90. The van der Waals surface area contributed by atoms with Gasteiger partial charge in [0.1, 0.15) is 5.01 Å². The average molecular weight is 292 g/mol. The van der Waals surface area contributed by atoms with E-state index in [-0.39, 0.29) is 0 Å². The highest BCUT2D eigenvalue weighted by molar-refractivity contribution is 8.01. The van der Waals surface area contributed by atoms with Crippen LogP contribution >= 0.6 is 23.1 Å². The lowest BCUT2D eigenvalue weighted by molar-refractivity contribution is 0.659. The van der Waals surface area contributed by atoms with E-state index in [0.717, 1.165) is 20.7 Å². The quantitative estimate of drug-likeness (QED) is 0.490. The van der Waals surface area contributed by atoms with Crippen molar-refractivity contribution in [1.82, 2.24) is 10.2 Å². The van der Waals surface area contributed by atoms with Gasteiger partial charge >= 0.3 is 0 Å². The molecule has 0 saturated carbocycles. The van der Waals surface area contributed by atoms with Crippen LogP contribution in [0.4, 0.5) is 0 Å². The van der Waals surface area contributed by atoms with E-state index in [2.05, 4.69) is 29.3 Å². The van der Waals surface area contributed by atoms with E-state index in [9.17, 15) is 0 Å². The van der Waals surface area contributed by atoms with Crippen LogP contribution in [0.5, 0.6) is 0 Å². The Kier molecular flexibility index (Phi) is 6.37. The van der Waals surface area contributed by atoms with Gasteiger partial charge in [-0.05, 0) is 6.42 Å². The zero-order valence-electron chi connectivity index (χ0n) is 11.3. The minimum absolute atomic E-state index is 1.02. The van der Waals surface area contributed by atoms with Crippen LogP contribution in [0.25, 0.3) is 10.6 Å². The van der Waals surface area contributed by atoms with Crippen molar-refractivity contribution in [3.63, 3.8) is 0 Å². The Bertz CT molecular complexity index is 468. The fourth-order valence-electron chi connectivity index (χ4n) is 1.83. The molecule has 1 heterocycles. The van der Waals surface area contributed by atoms with Crippen LogP contribution in [0.1, 0.15) is 39.0 Å². The van der Waals surface area contributed by atoms with Gasteiger partial charge in [0, 0.05) is 11.3 Å². The second-order valence-corrected chi connectivity index (χ2v) is 6.82. The third-order valence-corrected chi connectivity index (χ3v) is 5.09. The zero-order valence-corrected chi connectivity index (χ0v) is 13.0. The molecule has 4 heteroatoms. The molecule has 1 aromatic heterocycles. The summed E-state index contributed by atoms with van der Waals surface area (Å²) in [6.45, 7) is 2.25. The van der Waals surface area contributed by atoms with E-state index < -0.39 is 0 Å². The molecule has 0 bridgehead atoms. The van der Waals surface area contributed by atoms with Gasteiger partial charge in [0.15, 0.2) is 4.34 Å². The topological polar surface area (TPSA) is 25.8 Å². The molecule has 0 saturated heterocycles. The van der Waals surface area contributed by atoms with Crippen molar-refractivity contribution < 1.29 is 0 Å². The molecule has 0 aliphatic rings. The van der Waals surface area contributed by atoms with E-state index in [1.165, 1.54) is 32.1 Å². The summed E-state index contributed by atoms with van der Waals surface area (Å²) in [7, 11) is 0. The fraction of sp³-hybridized carbons (Fsp3) is 0.467. The van der Waals surface area contributed by atoms with Crippen molar-refractivity contribution in [2.45, 2.75) is 43.4 Å².